The minimum Gasteiger partial charge on any atom is -0.324 e. The van der Waals surface area contributed by atoms with Crippen molar-refractivity contribution in [2.75, 3.05) is 0 Å². The molecule has 3 aromatic rings. The molecule has 2 N–H and O–H groups in total. The Kier molecular flexibility index (Phi) is 5.33. The predicted octanol–water partition coefficient (Wildman–Crippen LogP) is 4.06. The molecule has 0 aliphatic carbocycles. The van der Waals surface area contributed by atoms with E-state index >= 15 is 0 Å². The average molecular weight is 338 g/mol. The van der Waals surface area contributed by atoms with Gasteiger partial charge in [-0.15, -0.1) is 0 Å². The van der Waals surface area contributed by atoms with Crippen molar-refractivity contribution in [1.29, 1.82) is 0 Å². The Morgan fingerprint density at radius 2 is 1.92 bits per heavy atom. The molecular formula is C19H22N4S. The first kappa shape index (κ1) is 16.7. The number of aromatic nitrogens is 3. The number of pyridine rings is 1. The third-order valence-corrected chi connectivity index (χ3v) is 4.91. The molecule has 0 saturated heterocycles. The first-order valence-corrected chi connectivity index (χ1v) is 8.92. The average Bonchev–Trinajstić information content (AvgIpc) is 2.94. The Hall–Kier alpha value is -2.11. The number of rotatable bonds is 6. The smallest absolute Gasteiger partial charge is 0.124 e. The maximum atomic E-state index is 5.97. The van der Waals surface area contributed by atoms with Crippen LogP contribution in [-0.2, 0) is 13.1 Å². The monoisotopic (exact) mass is 338 g/mol. The van der Waals surface area contributed by atoms with Gasteiger partial charge in [-0.25, -0.2) is 4.98 Å². The summed E-state index contributed by atoms with van der Waals surface area (Å²) in [6.07, 6.45) is 3.69. The van der Waals surface area contributed by atoms with Crippen molar-refractivity contribution in [3.8, 4) is 0 Å². The molecule has 0 bridgehead atoms. The lowest BCUT2D eigenvalue weighted by Gasteiger charge is -2.13. The maximum Gasteiger partial charge on any atom is 0.124 e. The molecule has 2 heterocycles. The fourth-order valence-electron chi connectivity index (χ4n) is 2.58. The largest absolute Gasteiger partial charge is 0.324 e. The summed E-state index contributed by atoms with van der Waals surface area (Å²) in [5.41, 5.74) is 8.22. The molecule has 1 aromatic carbocycles. The third-order valence-electron chi connectivity index (χ3n) is 3.78. The fraction of sp³-hybridized carbons (Fsp3) is 0.263. The molecule has 5 heteroatoms. The van der Waals surface area contributed by atoms with Gasteiger partial charge in [-0.3, -0.25) is 4.98 Å². The molecular weight excluding hydrogens is 316 g/mol. The minimum atomic E-state index is 0.344. The molecule has 0 unspecified atom stereocenters. The van der Waals surface area contributed by atoms with Gasteiger partial charge in [-0.1, -0.05) is 49.9 Å². The van der Waals surface area contributed by atoms with E-state index in [2.05, 4.69) is 53.7 Å². The Bertz CT molecular complexity index is 782. The second-order valence-electron chi connectivity index (χ2n) is 5.94. The van der Waals surface area contributed by atoms with E-state index < -0.39 is 0 Å². The lowest BCUT2D eigenvalue weighted by molar-refractivity contribution is 0.667. The summed E-state index contributed by atoms with van der Waals surface area (Å²) < 4.78 is 2.23. The Balaban J connectivity index is 2.04. The van der Waals surface area contributed by atoms with Gasteiger partial charge in [0, 0.05) is 17.3 Å². The molecule has 0 spiro atoms. The van der Waals surface area contributed by atoms with Crippen molar-refractivity contribution >= 4 is 11.8 Å². The number of benzene rings is 1. The Morgan fingerprint density at radius 1 is 1.12 bits per heavy atom. The van der Waals surface area contributed by atoms with Crippen molar-refractivity contribution in [1.82, 2.24) is 14.5 Å². The molecule has 4 nitrogen and oxygen atoms in total. The van der Waals surface area contributed by atoms with Crippen LogP contribution < -0.4 is 5.73 Å². The van der Waals surface area contributed by atoms with Crippen molar-refractivity contribution in [3.63, 3.8) is 0 Å². The quantitative estimate of drug-likeness (QED) is 0.736. The van der Waals surface area contributed by atoms with Crippen LogP contribution in [-0.4, -0.2) is 14.5 Å². The zero-order valence-electron chi connectivity index (χ0n) is 14.0. The van der Waals surface area contributed by atoms with E-state index in [-0.39, 0.29) is 0 Å². The molecule has 0 radical (unpaired) electrons. The highest BCUT2D eigenvalue weighted by atomic mass is 32.2. The van der Waals surface area contributed by atoms with E-state index in [1.165, 1.54) is 9.92 Å². The van der Waals surface area contributed by atoms with E-state index in [1.807, 2.05) is 18.3 Å². The van der Waals surface area contributed by atoms with Gasteiger partial charge in [0.15, 0.2) is 0 Å². The molecule has 0 amide bonds. The van der Waals surface area contributed by atoms with Gasteiger partial charge in [-0.2, -0.15) is 0 Å². The predicted molar refractivity (Wildman–Crippen MR) is 98.1 cm³/mol. The summed E-state index contributed by atoms with van der Waals surface area (Å²) >= 11 is 1.75. The number of nitrogens with two attached hydrogens (primary N) is 1. The van der Waals surface area contributed by atoms with Crippen LogP contribution >= 0.6 is 11.8 Å². The van der Waals surface area contributed by atoms with Gasteiger partial charge in [0.25, 0.3) is 0 Å². The van der Waals surface area contributed by atoms with E-state index in [0.29, 0.717) is 12.5 Å². The second-order valence-corrected chi connectivity index (χ2v) is 7.00. The molecule has 24 heavy (non-hydrogen) atoms. The van der Waals surface area contributed by atoms with Gasteiger partial charge in [0.1, 0.15) is 10.9 Å². The van der Waals surface area contributed by atoms with Gasteiger partial charge in [-0.05, 0) is 29.7 Å². The fourth-order valence-corrected chi connectivity index (χ4v) is 3.76. The number of imidazole rings is 1. The van der Waals surface area contributed by atoms with Crippen LogP contribution in [0.3, 0.4) is 0 Å². The molecule has 0 saturated carbocycles. The van der Waals surface area contributed by atoms with E-state index in [9.17, 15) is 0 Å². The highest BCUT2D eigenvalue weighted by Gasteiger charge is 2.20. The van der Waals surface area contributed by atoms with Crippen molar-refractivity contribution < 1.29 is 0 Å². The van der Waals surface area contributed by atoms with E-state index in [0.717, 1.165) is 23.6 Å². The summed E-state index contributed by atoms with van der Waals surface area (Å²) in [6, 6.07) is 14.4. The summed E-state index contributed by atoms with van der Waals surface area (Å²) in [7, 11) is 0. The zero-order valence-corrected chi connectivity index (χ0v) is 14.8. The summed E-state index contributed by atoms with van der Waals surface area (Å²) in [5.74, 6) is 1.26. The molecule has 0 aliphatic heterocycles. The van der Waals surface area contributed by atoms with Crippen LogP contribution in [0.4, 0.5) is 0 Å². The lowest BCUT2D eigenvalue weighted by Crippen LogP contribution is -2.10. The van der Waals surface area contributed by atoms with Gasteiger partial charge >= 0.3 is 0 Å². The summed E-state index contributed by atoms with van der Waals surface area (Å²) in [6.45, 7) is 5.50. The Morgan fingerprint density at radius 3 is 2.54 bits per heavy atom. The van der Waals surface area contributed by atoms with E-state index in [4.69, 9.17) is 10.7 Å². The molecule has 0 atom stereocenters. The maximum absolute atomic E-state index is 5.97. The lowest BCUT2D eigenvalue weighted by atomic mass is 10.1. The number of nitrogens with zero attached hydrogens (tertiary/aromatic N) is 3. The normalized spacial score (nSPS) is 11.2. The first-order valence-electron chi connectivity index (χ1n) is 8.10. The van der Waals surface area contributed by atoms with Gasteiger partial charge in [0.2, 0.25) is 0 Å². The van der Waals surface area contributed by atoms with Crippen LogP contribution in [0.2, 0.25) is 0 Å². The Labute approximate surface area is 147 Å². The van der Waals surface area contributed by atoms with Crippen LogP contribution in [0.25, 0.3) is 0 Å². The SMILES string of the molecule is CC(C)c1nc(CN)n(Cc2cccnc2)c1Sc1ccccc1. The summed E-state index contributed by atoms with van der Waals surface area (Å²) in [4.78, 5) is 10.2. The highest BCUT2D eigenvalue weighted by molar-refractivity contribution is 7.99. The van der Waals surface area contributed by atoms with Crippen LogP contribution in [0.1, 0.15) is 36.8 Å². The molecule has 124 valence electrons. The molecule has 2 aromatic heterocycles. The third kappa shape index (κ3) is 3.68. The zero-order chi connectivity index (χ0) is 16.9. The van der Waals surface area contributed by atoms with Crippen LogP contribution in [0, 0.1) is 0 Å². The number of hydrogen-bond acceptors (Lipinski definition) is 4. The van der Waals surface area contributed by atoms with E-state index in [1.54, 1.807) is 18.0 Å². The van der Waals surface area contributed by atoms with Crippen molar-refractivity contribution in [2.24, 2.45) is 5.73 Å². The molecule has 0 aliphatic rings. The topological polar surface area (TPSA) is 56.7 Å². The number of hydrogen-bond donors (Lipinski definition) is 1. The van der Waals surface area contributed by atoms with Crippen LogP contribution in [0.15, 0.2) is 64.8 Å². The van der Waals surface area contributed by atoms with Crippen molar-refractivity contribution in [3.05, 3.63) is 71.9 Å². The van der Waals surface area contributed by atoms with Gasteiger partial charge in [0.05, 0.1) is 18.8 Å². The molecule has 0 fully saturated rings. The summed E-state index contributed by atoms with van der Waals surface area (Å²) in [5, 5.41) is 1.17. The van der Waals surface area contributed by atoms with Crippen LogP contribution in [0.5, 0.6) is 0 Å². The highest BCUT2D eigenvalue weighted by Crippen LogP contribution is 2.35. The second kappa shape index (κ2) is 7.64. The van der Waals surface area contributed by atoms with Gasteiger partial charge < -0.3 is 10.3 Å². The standard InChI is InChI=1S/C19H22N4S/c1-14(2)18-19(24-16-8-4-3-5-9-16)23(17(11-20)22-18)13-15-7-6-10-21-12-15/h3-10,12,14H,11,13,20H2,1-2H3. The minimum absolute atomic E-state index is 0.344. The van der Waals surface area contributed by atoms with Crippen molar-refractivity contribution in [2.45, 2.75) is 42.8 Å². The molecule has 3 rings (SSSR count). The first-order chi connectivity index (χ1) is 11.7.